The first-order valence-electron chi connectivity index (χ1n) is 10.1. The Kier molecular flexibility index (Phi) is 6.28. The van der Waals surface area contributed by atoms with Crippen LogP contribution >= 0.6 is 11.3 Å². The van der Waals surface area contributed by atoms with E-state index < -0.39 is 22.7 Å². The van der Waals surface area contributed by atoms with E-state index in [4.69, 9.17) is 0 Å². The predicted molar refractivity (Wildman–Crippen MR) is 116 cm³/mol. The molecule has 0 radical (unpaired) electrons. The second-order valence-corrected chi connectivity index (χ2v) is 8.88. The Bertz CT molecular complexity index is 1280. The lowest BCUT2D eigenvalue weighted by Gasteiger charge is -2.27. The van der Waals surface area contributed by atoms with Gasteiger partial charge in [-0.3, -0.25) is 4.57 Å². The summed E-state index contributed by atoms with van der Waals surface area (Å²) in [4.78, 5) is 21.7. The summed E-state index contributed by atoms with van der Waals surface area (Å²) in [6.07, 6.45) is -3.14. The zero-order valence-electron chi connectivity index (χ0n) is 17.7. The van der Waals surface area contributed by atoms with E-state index in [1.807, 2.05) is 6.08 Å². The fraction of sp³-hybridized carbons (Fsp3) is 0.318. The molecule has 3 aromatic rings. The molecule has 0 unspecified atom stereocenters. The number of hydrogen-bond donors (Lipinski definition) is 0. The predicted octanol–water partition coefficient (Wildman–Crippen LogP) is 5.14. The van der Waals surface area contributed by atoms with Crippen molar-refractivity contribution in [3.63, 3.8) is 0 Å². The van der Waals surface area contributed by atoms with Crippen LogP contribution < -0.4 is 10.6 Å². The zero-order valence-corrected chi connectivity index (χ0v) is 18.6. The van der Waals surface area contributed by atoms with Crippen LogP contribution in [0.2, 0.25) is 0 Å². The minimum absolute atomic E-state index is 0.144. The molecule has 34 heavy (non-hydrogen) atoms. The topological polar surface area (TPSA) is 51.0 Å². The first-order valence-corrected chi connectivity index (χ1v) is 11.0. The number of anilines is 1. The summed E-state index contributed by atoms with van der Waals surface area (Å²) < 4.78 is 79.1. The molecule has 4 rings (SSSR count). The third kappa shape index (κ3) is 4.72. The smallest absolute Gasteiger partial charge is 0.337 e. The van der Waals surface area contributed by atoms with Crippen molar-refractivity contribution in [1.29, 1.82) is 0 Å². The standard InChI is InChI=1S/C22H18F6N4OS/c1-13-29-19(31-10-8-15(9-11-31)14-2-4-16(23)5-3-14)30-20(33)32(13)12-17-6-7-18(34-17)21(24,25)22(26,27)28/h2-8H,9-12H2,1H3. The first kappa shape index (κ1) is 24.0. The molecule has 180 valence electrons. The number of rotatable bonds is 5. The lowest BCUT2D eigenvalue weighted by atomic mass is 10.00. The van der Waals surface area contributed by atoms with E-state index in [2.05, 4.69) is 9.97 Å². The Balaban J connectivity index is 1.50. The molecule has 0 saturated heterocycles. The highest BCUT2D eigenvalue weighted by Crippen LogP contribution is 2.46. The van der Waals surface area contributed by atoms with Crippen molar-refractivity contribution in [2.75, 3.05) is 18.0 Å². The molecule has 2 aromatic heterocycles. The number of benzene rings is 1. The molecule has 0 amide bonds. The van der Waals surface area contributed by atoms with Gasteiger partial charge < -0.3 is 4.90 Å². The van der Waals surface area contributed by atoms with Crippen LogP contribution in [-0.4, -0.2) is 33.8 Å². The van der Waals surface area contributed by atoms with Gasteiger partial charge in [-0.1, -0.05) is 18.2 Å². The van der Waals surface area contributed by atoms with Crippen molar-refractivity contribution >= 4 is 22.9 Å². The van der Waals surface area contributed by atoms with E-state index in [0.29, 0.717) is 25.6 Å². The second kappa shape index (κ2) is 8.90. The Morgan fingerprint density at radius 2 is 1.74 bits per heavy atom. The number of alkyl halides is 5. The van der Waals surface area contributed by atoms with Gasteiger partial charge in [0.25, 0.3) is 0 Å². The molecule has 3 heterocycles. The fourth-order valence-electron chi connectivity index (χ4n) is 3.54. The highest BCUT2D eigenvalue weighted by molar-refractivity contribution is 7.12. The number of thiophene rings is 1. The monoisotopic (exact) mass is 500 g/mol. The van der Waals surface area contributed by atoms with Crippen LogP contribution in [0.3, 0.4) is 0 Å². The van der Waals surface area contributed by atoms with Crippen molar-refractivity contribution in [2.45, 2.75) is 32.0 Å². The zero-order chi connectivity index (χ0) is 24.7. The quantitative estimate of drug-likeness (QED) is 0.455. The summed E-state index contributed by atoms with van der Waals surface area (Å²) in [7, 11) is 0. The molecule has 1 aromatic carbocycles. The average Bonchev–Trinajstić information content (AvgIpc) is 3.25. The summed E-state index contributed by atoms with van der Waals surface area (Å²) >= 11 is 0.283. The van der Waals surface area contributed by atoms with Gasteiger partial charge >= 0.3 is 17.8 Å². The van der Waals surface area contributed by atoms with Crippen molar-refractivity contribution < 1.29 is 26.3 Å². The van der Waals surface area contributed by atoms with Gasteiger partial charge in [0.1, 0.15) is 11.6 Å². The molecule has 0 fully saturated rings. The molecule has 5 nitrogen and oxygen atoms in total. The van der Waals surface area contributed by atoms with Crippen molar-refractivity contribution in [3.05, 3.63) is 79.9 Å². The minimum Gasteiger partial charge on any atom is -0.337 e. The van der Waals surface area contributed by atoms with E-state index in [9.17, 15) is 31.1 Å². The second-order valence-electron chi connectivity index (χ2n) is 7.71. The molecule has 0 saturated carbocycles. The molecular weight excluding hydrogens is 482 g/mol. The molecule has 12 heteroatoms. The number of nitrogens with zero attached hydrogens (tertiary/aromatic N) is 4. The largest absolute Gasteiger partial charge is 0.458 e. The number of aromatic nitrogens is 3. The van der Waals surface area contributed by atoms with Crippen molar-refractivity contribution in [3.8, 4) is 0 Å². The van der Waals surface area contributed by atoms with Gasteiger partial charge in [-0.2, -0.15) is 31.9 Å². The van der Waals surface area contributed by atoms with Gasteiger partial charge in [0.2, 0.25) is 5.95 Å². The number of halogens is 6. The van der Waals surface area contributed by atoms with Gasteiger partial charge in [-0.05, 0) is 48.7 Å². The lowest BCUT2D eigenvalue weighted by Crippen LogP contribution is -2.35. The van der Waals surface area contributed by atoms with E-state index in [1.54, 1.807) is 17.0 Å². The summed E-state index contributed by atoms with van der Waals surface area (Å²) in [6, 6.07) is 8.00. The van der Waals surface area contributed by atoms with E-state index >= 15 is 0 Å². The van der Waals surface area contributed by atoms with Gasteiger partial charge in [0.15, 0.2) is 0 Å². The van der Waals surface area contributed by atoms with Crippen LogP contribution in [0.4, 0.5) is 32.3 Å². The summed E-state index contributed by atoms with van der Waals surface area (Å²) in [5.41, 5.74) is 1.25. The number of aryl methyl sites for hydroxylation is 1. The van der Waals surface area contributed by atoms with Gasteiger partial charge in [0.05, 0.1) is 11.4 Å². The molecule has 0 atom stereocenters. The lowest BCUT2D eigenvalue weighted by molar-refractivity contribution is -0.287. The fourth-order valence-corrected chi connectivity index (χ4v) is 4.53. The van der Waals surface area contributed by atoms with Crippen LogP contribution in [-0.2, 0) is 12.5 Å². The van der Waals surface area contributed by atoms with Gasteiger partial charge in [-0.25, -0.2) is 9.18 Å². The summed E-state index contributed by atoms with van der Waals surface area (Å²) in [6.45, 7) is 2.26. The van der Waals surface area contributed by atoms with E-state index in [-0.39, 0.29) is 40.3 Å². The number of hydrogen-bond acceptors (Lipinski definition) is 5. The summed E-state index contributed by atoms with van der Waals surface area (Å²) in [5, 5.41) is 0. The first-order chi connectivity index (χ1) is 16.0. The minimum atomic E-state index is -5.70. The van der Waals surface area contributed by atoms with Crippen LogP contribution in [0.5, 0.6) is 0 Å². The Morgan fingerprint density at radius 1 is 1.03 bits per heavy atom. The van der Waals surface area contributed by atoms with Gasteiger partial charge in [0, 0.05) is 18.0 Å². The Morgan fingerprint density at radius 3 is 2.32 bits per heavy atom. The van der Waals surface area contributed by atoms with Crippen LogP contribution in [0.15, 0.2) is 47.3 Å². The Hall–Kier alpha value is -3.15. The highest BCUT2D eigenvalue weighted by atomic mass is 32.1. The van der Waals surface area contributed by atoms with E-state index in [0.717, 1.165) is 21.8 Å². The third-order valence-electron chi connectivity index (χ3n) is 5.43. The van der Waals surface area contributed by atoms with E-state index in [1.165, 1.54) is 19.1 Å². The Labute approximate surface area is 194 Å². The van der Waals surface area contributed by atoms with Crippen molar-refractivity contribution in [1.82, 2.24) is 14.5 Å². The van der Waals surface area contributed by atoms with Crippen molar-refractivity contribution in [2.24, 2.45) is 0 Å². The maximum absolute atomic E-state index is 13.6. The normalized spacial score (nSPS) is 14.9. The molecule has 1 aliphatic heterocycles. The average molecular weight is 500 g/mol. The van der Waals surface area contributed by atoms with Crippen LogP contribution in [0.25, 0.3) is 5.57 Å². The molecule has 0 aliphatic carbocycles. The molecule has 1 aliphatic rings. The molecular formula is C22H18F6N4OS. The maximum Gasteiger partial charge on any atom is 0.458 e. The SMILES string of the molecule is Cc1nc(N2CC=C(c3ccc(F)cc3)CC2)nc(=O)n1Cc1ccc(C(F)(F)C(F)(F)F)s1. The third-order valence-corrected chi connectivity index (χ3v) is 6.57. The van der Waals surface area contributed by atoms with Crippen LogP contribution in [0.1, 0.15) is 27.6 Å². The summed E-state index contributed by atoms with van der Waals surface area (Å²) in [5.74, 6) is -4.84. The van der Waals surface area contributed by atoms with Gasteiger partial charge in [-0.15, -0.1) is 11.3 Å². The molecule has 0 bridgehead atoms. The van der Waals surface area contributed by atoms with Crippen LogP contribution in [0, 0.1) is 12.7 Å². The molecule has 0 spiro atoms. The molecule has 0 N–H and O–H groups in total. The maximum atomic E-state index is 13.6. The highest BCUT2D eigenvalue weighted by Gasteiger charge is 2.59.